The molecule has 3 aromatic rings. The highest BCUT2D eigenvalue weighted by Gasteiger charge is 2.33. The summed E-state index contributed by atoms with van der Waals surface area (Å²) in [7, 11) is 0. The van der Waals surface area contributed by atoms with Crippen molar-refractivity contribution in [2.24, 2.45) is 0 Å². The van der Waals surface area contributed by atoms with Gasteiger partial charge in [0.1, 0.15) is 11.1 Å². The summed E-state index contributed by atoms with van der Waals surface area (Å²) < 4.78 is 43.3. The molecular formula is C22H17F3N2O3S. The molecule has 0 saturated carbocycles. The minimum absolute atomic E-state index is 0.00974. The molecule has 0 spiro atoms. The highest BCUT2D eigenvalue weighted by atomic mass is 32.2. The maximum atomic E-state index is 12.7. The lowest BCUT2D eigenvalue weighted by molar-refractivity contribution is -0.137. The van der Waals surface area contributed by atoms with Crippen LogP contribution in [0, 0.1) is 0 Å². The zero-order chi connectivity index (χ0) is 22.0. The number of rotatable bonds is 5. The van der Waals surface area contributed by atoms with Crippen LogP contribution < -0.4 is 5.32 Å². The van der Waals surface area contributed by atoms with Crippen molar-refractivity contribution in [1.29, 1.82) is 0 Å². The number of furan rings is 1. The van der Waals surface area contributed by atoms with Crippen molar-refractivity contribution in [1.82, 2.24) is 4.90 Å². The number of hydrogen-bond donors (Lipinski definition) is 1. The molecule has 2 heterocycles. The Labute approximate surface area is 180 Å². The Morgan fingerprint density at radius 1 is 1.10 bits per heavy atom. The molecule has 1 N–H and O–H groups in total. The van der Waals surface area contributed by atoms with Crippen LogP contribution in [-0.2, 0) is 17.5 Å². The molecule has 0 unspecified atom stereocenters. The topological polar surface area (TPSA) is 62.6 Å². The smallest absolute Gasteiger partial charge is 0.416 e. The van der Waals surface area contributed by atoms with Crippen LogP contribution >= 0.6 is 11.8 Å². The lowest BCUT2D eigenvalue weighted by atomic mass is 10.1. The van der Waals surface area contributed by atoms with Crippen LogP contribution in [0.3, 0.4) is 0 Å². The van der Waals surface area contributed by atoms with E-state index >= 15 is 0 Å². The van der Waals surface area contributed by atoms with Gasteiger partial charge in [0.2, 0.25) is 5.91 Å². The van der Waals surface area contributed by atoms with Gasteiger partial charge in [-0.2, -0.15) is 13.2 Å². The van der Waals surface area contributed by atoms with Crippen molar-refractivity contribution in [3.05, 3.63) is 89.4 Å². The molecule has 2 amide bonds. The van der Waals surface area contributed by atoms with E-state index in [0.29, 0.717) is 23.6 Å². The van der Waals surface area contributed by atoms with Crippen LogP contribution in [0.15, 0.2) is 71.3 Å². The van der Waals surface area contributed by atoms with Gasteiger partial charge in [-0.05, 0) is 54.1 Å². The summed E-state index contributed by atoms with van der Waals surface area (Å²) in [6, 6.07) is 14.6. The van der Waals surface area contributed by atoms with Crippen molar-refractivity contribution in [3.8, 4) is 0 Å². The molecular weight excluding hydrogens is 429 g/mol. The van der Waals surface area contributed by atoms with Crippen LogP contribution in [0.5, 0.6) is 0 Å². The number of carbonyl (C=O) groups is 2. The summed E-state index contributed by atoms with van der Waals surface area (Å²) in [6.07, 6.45) is -2.87. The minimum atomic E-state index is -4.43. The Morgan fingerprint density at radius 2 is 1.81 bits per heavy atom. The van der Waals surface area contributed by atoms with Crippen molar-refractivity contribution in [3.63, 3.8) is 0 Å². The number of alkyl halides is 3. The summed E-state index contributed by atoms with van der Waals surface area (Å²) in [5.41, 5.74) is 0.713. The van der Waals surface area contributed by atoms with E-state index < -0.39 is 17.6 Å². The van der Waals surface area contributed by atoms with E-state index in [-0.39, 0.29) is 17.0 Å². The SMILES string of the molecule is O=C(Nc1ccc(C(F)(F)F)cc1)c1ccc([C@H]2SCC(=O)N2Cc2ccco2)cc1. The quantitative estimate of drug-likeness (QED) is 0.576. The van der Waals surface area contributed by atoms with E-state index in [2.05, 4.69) is 5.32 Å². The largest absolute Gasteiger partial charge is 0.467 e. The summed E-state index contributed by atoms with van der Waals surface area (Å²) in [5.74, 6) is 0.624. The number of hydrogen-bond acceptors (Lipinski definition) is 4. The molecule has 160 valence electrons. The minimum Gasteiger partial charge on any atom is -0.467 e. The second kappa shape index (κ2) is 8.50. The van der Waals surface area contributed by atoms with Crippen molar-refractivity contribution >= 4 is 29.3 Å². The fourth-order valence-electron chi connectivity index (χ4n) is 3.22. The van der Waals surface area contributed by atoms with Gasteiger partial charge in [0, 0.05) is 11.3 Å². The average molecular weight is 446 g/mol. The van der Waals surface area contributed by atoms with Crippen LogP contribution in [0.2, 0.25) is 0 Å². The third kappa shape index (κ3) is 4.77. The first-order valence-electron chi connectivity index (χ1n) is 9.33. The van der Waals surface area contributed by atoms with Crippen molar-refractivity contribution in [2.45, 2.75) is 18.1 Å². The van der Waals surface area contributed by atoms with Crippen LogP contribution in [0.1, 0.15) is 32.6 Å². The predicted molar refractivity (Wildman–Crippen MR) is 110 cm³/mol. The zero-order valence-corrected chi connectivity index (χ0v) is 16.9. The van der Waals surface area contributed by atoms with Crippen LogP contribution in [0.4, 0.5) is 18.9 Å². The Hall–Kier alpha value is -3.20. The highest BCUT2D eigenvalue weighted by molar-refractivity contribution is 8.00. The molecule has 4 rings (SSSR count). The van der Waals surface area contributed by atoms with E-state index in [1.165, 1.54) is 23.9 Å². The molecule has 1 aromatic heterocycles. The van der Waals surface area contributed by atoms with Crippen molar-refractivity contribution in [2.75, 3.05) is 11.1 Å². The van der Waals surface area contributed by atoms with Gasteiger partial charge in [-0.15, -0.1) is 11.8 Å². The number of benzene rings is 2. The summed E-state index contributed by atoms with van der Waals surface area (Å²) >= 11 is 1.50. The first-order chi connectivity index (χ1) is 14.8. The van der Waals surface area contributed by atoms with Gasteiger partial charge < -0.3 is 14.6 Å². The maximum Gasteiger partial charge on any atom is 0.416 e. The van der Waals surface area contributed by atoms with E-state index in [9.17, 15) is 22.8 Å². The second-order valence-corrected chi connectivity index (χ2v) is 7.98. The molecule has 5 nitrogen and oxygen atoms in total. The van der Waals surface area contributed by atoms with Crippen molar-refractivity contribution < 1.29 is 27.2 Å². The third-order valence-corrected chi connectivity index (χ3v) is 6.06. The van der Waals surface area contributed by atoms with Gasteiger partial charge >= 0.3 is 6.18 Å². The summed E-state index contributed by atoms with van der Waals surface area (Å²) in [5, 5.41) is 2.39. The van der Waals surface area contributed by atoms with E-state index in [4.69, 9.17) is 4.42 Å². The van der Waals surface area contributed by atoms with Gasteiger partial charge in [-0.25, -0.2) is 0 Å². The number of carbonyl (C=O) groups excluding carboxylic acids is 2. The normalized spacial score (nSPS) is 16.5. The van der Waals surface area contributed by atoms with Gasteiger partial charge in [0.15, 0.2) is 0 Å². The maximum absolute atomic E-state index is 12.7. The number of halogens is 3. The number of thioether (sulfide) groups is 1. The molecule has 2 aromatic carbocycles. The Morgan fingerprint density at radius 3 is 2.42 bits per heavy atom. The molecule has 0 bridgehead atoms. The lowest BCUT2D eigenvalue weighted by Gasteiger charge is -2.23. The molecule has 1 fully saturated rings. The summed E-state index contributed by atoms with van der Waals surface area (Å²) in [6.45, 7) is 0.361. The zero-order valence-electron chi connectivity index (χ0n) is 16.1. The highest BCUT2D eigenvalue weighted by Crippen LogP contribution is 2.39. The van der Waals surface area contributed by atoms with Gasteiger partial charge in [0.25, 0.3) is 5.91 Å². The second-order valence-electron chi connectivity index (χ2n) is 6.92. The Bertz CT molecular complexity index is 1060. The Balaban J connectivity index is 1.43. The number of nitrogens with zero attached hydrogens (tertiary/aromatic N) is 1. The van der Waals surface area contributed by atoms with Gasteiger partial charge in [0.05, 0.1) is 24.1 Å². The fourth-order valence-corrected chi connectivity index (χ4v) is 4.40. The molecule has 1 aliphatic rings. The Kier molecular flexibility index (Phi) is 5.77. The molecule has 0 aliphatic carbocycles. The molecule has 1 saturated heterocycles. The first-order valence-corrected chi connectivity index (χ1v) is 10.4. The van der Waals surface area contributed by atoms with Gasteiger partial charge in [-0.1, -0.05) is 12.1 Å². The van der Waals surface area contributed by atoms with E-state index in [0.717, 1.165) is 17.7 Å². The molecule has 0 radical (unpaired) electrons. The number of anilines is 1. The van der Waals surface area contributed by atoms with E-state index in [1.807, 2.05) is 6.07 Å². The molecule has 31 heavy (non-hydrogen) atoms. The summed E-state index contributed by atoms with van der Waals surface area (Å²) in [4.78, 5) is 26.4. The fraction of sp³-hybridized carbons (Fsp3) is 0.182. The van der Waals surface area contributed by atoms with Gasteiger partial charge in [-0.3, -0.25) is 9.59 Å². The molecule has 9 heteroatoms. The standard InChI is InChI=1S/C22H17F3N2O3S/c23-22(24,25)16-7-9-17(10-8-16)26-20(29)14-3-5-15(6-4-14)21-27(19(28)13-31-21)12-18-2-1-11-30-18/h1-11,21H,12-13H2,(H,26,29)/t21-/m1/s1. The molecule has 1 aliphatic heterocycles. The third-order valence-electron chi connectivity index (χ3n) is 4.80. The lowest BCUT2D eigenvalue weighted by Crippen LogP contribution is -2.27. The monoisotopic (exact) mass is 446 g/mol. The average Bonchev–Trinajstić information content (AvgIpc) is 3.38. The molecule has 1 atom stereocenters. The first kappa shape index (κ1) is 21.0. The van der Waals surface area contributed by atoms with Crippen LogP contribution in [0.25, 0.3) is 0 Å². The predicted octanol–water partition coefficient (Wildman–Crippen LogP) is 5.32. The van der Waals surface area contributed by atoms with Crippen LogP contribution in [-0.4, -0.2) is 22.5 Å². The number of nitrogens with one attached hydrogen (secondary N) is 1. The van der Waals surface area contributed by atoms with E-state index in [1.54, 1.807) is 41.5 Å². The number of amides is 2.